The molecule has 2 fully saturated rings. The first-order valence-electron chi connectivity index (χ1n) is 29.3. The minimum absolute atomic E-state index is 0.0380. The molecule has 10 aromatic rings. The molecule has 5 heterocycles. The number of rotatable bonds is 24. The number of nitrogens with one attached hydrogen (secondary N) is 2. The van der Waals surface area contributed by atoms with Crippen LogP contribution in [0.25, 0.3) is 11.2 Å². The van der Waals surface area contributed by atoms with E-state index in [1.54, 1.807) is 64.2 Å². The minimum Gasteiger partial charge on any atom is -0.497 e. The number of ether oxygens (including phenoxy) is 8. The standard InChI is InChI=1S/C69H65FN7O13P/c1-44-39-76(67(80)75-65(44)78)60-37-56(89-69(47-19-13-8-14-20-47,50-25-33-54(83-4)34-26-50)51-27-35-55(84-5)36-28-51)59(88-60)41-86-91(70)90-57-38-61(77-43-73-62-63(71-42-72-64(62)77)74-66(79)45-15-9-6-10-16-45)87-58(57)40-85-68(46-17-11-7-12-18-46,48-21-29-52(81-2)30-22-48)49-23-31-53(82-3)32-24-49/h6-36,39,42-43,56-61H,37-38,40-41H2,1-5H3,(H,75,78,80)(H,71,72,74,79)/t56-,57-,58+,59+,60+,61+,91?/m0/s1. The van der Waals surface area contributed by atoms with Gasteiger partial charge in [0.15, 0.2) is 17.0 Å². The van der Waals surface area contributed by atoms with Crippen LogP contribution in [-0.2, 0) is 39.2 Å². The van der Waals surface area contributed by atoms with Crippen LogP contribution in [0, 0.1) is 6.92 Å². The lowest BCUT2D eigenvalue weighted by molar-refractivity contribution is -0.100. The van der Waals surface area contributed by atoms with Crippen LogP contribution in [0.2, 0.25) is 0 Å². The lowest BCUT2D eigenvalue weighted by Crippen LogP contribution is -2.41. The normalized spacial score (nSPS) is 18.6. The summed E-state index contributed by atoms with van der Waals surface area (Å²) in [5, 5.41) is 2.86. The second-order valence-corrected chi connectivity index (χ2v) is 22.6. The van der Waals surface area contributed by atoms with Gasteiger partial charge in [0.25, 0.3) is 11.5 Å². The molecule has 3 aromatic heterocycles. The van der Waals surface area contributed by atoms with Crippen molar-refractivity contribution in [1.29, 1.82) is 0 Å². The van der Waals surface area contributed by atoms with Crippen molar-refractivity contribution >= 4 is 31.6 Å². The van der Waals surface area contributed by atoms with E-state index in [0.717, 1.165) is 22.3 Å². The van der Waals surface area contributed by atoms with E-state index >= 15 is 4.20 Å². The third-order valence-electron chi connectivity index (χ3n) is 16.5. The number of aromatic nitrogens is 6. The Morgan fingerprint density at radius 2 is 1.05 bits per heavy atom. The zero-order valence-corrected chi connectivity index (χ0v) is 51.2. The Hall–Kier alpha value is -9.44. The number of carbonyl (C=O) groups excluding carboxylic acids is 1. The summed E-state index contributed by atoms with van der Waals surface area (Å²) in [6.07, 6.45) is -1.58. The quantitative estimate of drug-likeness (QED) is 0.0424. The van der Waals surface area contributed by atoms with Gasteiger partial charge in [-0.15, -0.1) is 0 Å². The van der Waals surface area contributed by atoms with E-state index in [1.807, 2.05) is 164 Å². The molecular weight excluding hydrogens is 1180 g/mol. The number of benzene rings is 7. The predicted molar refractivity (Wildman–Crippen MR) is 337 cm³/mol. The second kappa shape index (κ2) is 27.3. The molecule has 91 heavy (non-hydrogen) atoms. The average Bonchev–Trinajstić information content (AvgIpc) is 1.48. The van der Waals surface area contributed by atoms with Crippen molar-refractivity contribution in [3.05, 3.63) is 272 Å². The Labute approximate surface area is 524 Å². The van der Waals surface area contributed by atoms with E-state index in [9.17, 15) is 14.4 Å². The summed E-state index contributed by atoms with van der Waals surface area (Å²) >= 11 is 0. The van der Waals surface area contributed by atoms with Gasteiger partial charge < -0.3 is 52.3 Å². The molecule has 2 aliphatic heterocycles. The van der Waals surface area contributed by atoms with Gasteiger partial charge in [0.2, 0.25) is 0 Å². The summed E-state index contributed by atoms with van der Waals surface area (Å²) in [4.78, 5) is 55.8. The van der Waals surface area contributed by atoms with E-state index in [0.29, 0.717) is 45.3 Å². The highest BCUT2D eigenvalue weighted by Crippen LogP contribution is 2.51. The van der Waals surface area contributed by atoms with E-state index in [1.165, 1.54) is 23.4 Å². The smallest absolute Gasteiger partial charge is 0.375 e. The molecule has 0 saturated carbocycles. The largest absolute Gasteiger partial charge is 0.497 e. The van der Waals surface area contributed by atoms with Crippen LogP contribution in [-0.4, -0.2) is 101 Å². The lowest BCUT2D eigenvalue weighted by Gasteiger charge is -2.39. The van der Waals surface area contributed by atoms with E-state index < -0.39 is 80.5 Å². The van der Waals surface area contributed by atoms with Crippen LogP contribution in [0.5, 0.6) is 23.0 Å². The maximum Gasteiger partial charge on any atom is 0.375 e. The predicted octanol–water partition coefficient (Wildman–Crippen LogP) is 11.5. The molecule has 20 nitrogen and oxygen atoms in total. The maximum absolute atomic E-state index is 17.5. The third-order valence-corrected chi connectivity index (χ3v) is 17.2. The van der Waals surface area contributed by atoms with Crippen molar-refractivity contribution in [3.63, 3.8) is 0 Å². The Kier molecular flexibility index (Phi) is 18.6. The van der Waals surface area contributed by atoms with Gasteiger partial charge in [0.1, 0.15) is 65.2 Å². The highest BCUT2D eigenvalue weighted by molar-refractivity contribution is 7.41. The number of anilines is 1. The first-order chi connectivity index (χ1) is 44.4. The summed E-state index contributed by atoms with van der Waals surface area (Å²) in [5.41, 5.74) is 1.79. The van der Waals surface area contributed by atoms with Gasteiger partial charge in [-0.3, -0.25) is 23.7 Å². The fourth-order valence-corrected chi connectivity index (χ4v) is 12.6. The first-order valence-corrected chi connectivity index (χ1v) is 30.4. The zero-order valence-electron chi connectivity index (χ0n) is 50.3. The molecule has 1 unspecified atom stereocenters. The highest BCUT2D eigenvalue weighted by Gasteiger charge is 2.49. The summed E-state index contributed by atoms with van der Waals surface area (Å²) in [6, 6.07) is 58.2. The summed E-state index contributed by atoms with van der Waals surface area (Å²) in [6.45, 7) is 0.982. The molecule has 466 valence electrons. The number of fused-ring (bicyclic) bond motifs is 1. The van der Waals surface area contributed by atoms with E-state index in [-0.39, 0.29) is 36.3 Å². The molecule has 0 bridgehead atoms. The second-order valence-electron chi connectivity index (χ2n) is 21.7. The number of carbonyl (C=O) groups is 1. The van der Waals surface area contributed by atoms with Gasteiger partial charge in [-0.05, 0) is 101 Å². The number of aryl methyl sites for hydroxylation is 1. The van der Waals surface area contributed by atoms with Crippen LogP contribution < -0.4 is 35.5 Å². The highest BCUT2D eigenvalue weighted by atomic mass is 31.2. The number of H-pyrrole nitrogens is 1. The first kappa shape index (κ1) is 61.8. The van der Waals surface area contributed by atoms with Gasteiger partial charge in [-0.2, -0.15) is 4.20 Å². The van der Waals surface area contributed by atoms with Crippen molar-refractivity contribution in [2.75, 3.05) is 47.0 Å². The minimum atomic E-state index is -3.28. The molecular formula is C69H65FN7O13P. The molecule has 2 saturated heterocycles. The van der Waals surface area contributed by atoms with Crippen LogP contribution in [0.3, 0.4) is 0 Å². The Morgan fingerprint density at radius 1 is 0.593 bits per heavy atom. The zero-order chi connectivity index (χ0) is 63.1. The molecule has 0 radical (unpaired) electrons. The number of aromatic amines is 1. The number of halogens is 1. The van der Waals surface area contributed by atoms with Crippen molar-refractivity contribution in [1.82, 2.24) is 29.1 Å². The fourth-order valence-electron chi connectivity index (χ4n) is 11.8. The topological polar surface area (TPSA) is 220 Å². The molecule has 0 spiro atoms. The number of imidazole rings is 1. The number of methoxy groups -OCH3 is 4. The summed E-state index contributed by atoms with van der Waals surface area (Å²) in [5.74, 6) is 2.27. The van der Waals surface area contributed by atoms with Crippen LogP contribution in [0.4, 0.5) is 10.0 Å². The van der Waals surface area contributed by atoms with E-state index in [4.69, 9.17) is 46.9 Å². The SMILES string of the molecule is COc1ccc(C(OC[C@H]2O[C@@H](n3cnc4c(NC(=O)c5ccccc5)ncnc43)C[C@@H]2OP(F)OC[C@H]2O[C@@H](n3cc(C)c(=O)[nH]c3=O)C[C@@H]2OC(c2ccccc2)(c2ccc(OC)cc2)c2ccc(OC)cc2)(c2ccccc2)c2ccc(OC)cc2)cc1. The molecule has 2 N–H and O–H groups in total. The van der Waals surface area contributed by atoms with Gasteiger partial charge >= 0.3 is 14.4 Å². The molecule has 2 aliphatic rings. The Balaban J connectivity index is 0.893. The molecule has 1 amide bonds. The summed E-state index contributed by atoms with van der Waals surface area (Å²) in [7, 11) is 3.08. The van der Waals surface area contributed by atoms with Crippen molar-refractivity contribution < 1.29 is 55.9 Å². The summed E-state index contributed by atoms with van der Waals surface area (Å²) < 4.78 is 84.1. The average molecular weight is 1250 g/mol. The molecule has 7 aromatic carbocycles. The maximum atomic E-state index is 17.5. The van der Waals surface area contributed by atoms with Crippen molar-refractivity contribution in [3.8, 4) is 23.0 Å². The fraction of sp³-hybridized carbons (Fsp3) is 0.246. The van der Waals surface area contributed by atoms with Gasteiger partial charge in [0, 0.05) is 30.2 Å². The monoisotopic (exact) mass is 1250 g/mol. The number of hydrogen-bond donors (Lipinski definition) is 2. The van der Waals surface area contributed by atoms with Crippen LogP contribution in [0.15, 0.2) is 216 Å². The number of amides is 1. The van der Waals surface area contributed by atoms with Gasteiger partial charge in [-0.1, -0.05) is 127 Å². The number of hydrogen-bond acceptors (Lipinski definition) is 16. The Morgan fingerprint density at radius 3 is 1.58 bits per heavy atom. The molecule has 0 aliphatic carbocycles. The van der Waals surface area contributed by atoms with E-state index in [2.05, 4.69) is 25.3 Å². The van der Waals surface area contributed by atoms with Gasteiger partial charge in [-0.25, -0.2) is 19.7 Å². The van der Waals surface area contributed by atoms with Crippen LogP contribution >= 0.6 is 8.69 Å². The molecule has 22 heteroatoms. The third kappa shape index (κ3) is 12.7. The Bertz CT molecular complexity index is 4110. The van der Waals surface area contributed by atoms with Crippen molar-refractivity contribution in [2.45, 2.75) is 67.8 Å². The molecule has 7 atom stereocenters. The lowest BCUT2D eigenvalue weighted by atomic mass is 9.79. The van der Waals surface area contributed by atoms with Crippen molar-refractivity contribution in [2.24, 2.45) is 0 Å². The van der Waals surface area contributed by atoms with Crippen LogP contribution in [0.1, 0.15) is 74.6 Å². The van der Waals surface area contributed by atoms with Gasteiger partial charge in [0.05, 0.1) is 60.2 Å². The number of nitrogens with zero attached hydrogens (tertiary/aromatic N) is 5. The molecule has 12 rings (SSSR count).